The summed E-state index contributed by atoms with van der Waals surface area (Å²) in [7, 11) is -2.80. The van der Waals surface area contributed by atoms with Crippen molar-refractivity contribution in [2.45, 2.75) is 40.0 Å². The van der Waals surface area contributed by atoms with E-state index in [1.54, 1.807) is 0 Å². The molecular weight excluding hydrogens is 280 g/mol. The average molecular weight is 308 g/mol. The number of hydrogen-bond donors (Lipinski definition) is 0. The van der Waals surface area contributed by atoms with E-state index in [4.69, 9.17) is 13.3 Å². The maximum absolute atomic E-state index is 6.11. The Morgan fingerprint density at radius 3 is 1.62 bits per heavy atom. The van der Waals surface area contributed by atoms with Gasteiger partial charge in [0.25, 0.3) is 0 Å². The van der Waals surface area contributed by atoms with Crippen molar-refractivity contribution in [1.82, 2.24) is 0 Å². The van der Waals surface area contributed by atoms with Crippen LogP contribution in [0.5, 0.6) is 0 Å². The summed E-state index contributed by atoms with van der Waals surface area (Å²) in [6.07, 6.45) is 4.68. The lowest BCUT2D eigenvalue weighted by molar-refractivity contribution is 0.0732. The first-order valence-electron chi connectivity index (χ1n) is 7.87. The van der Waals surface area contributed by atoms with Gasteiger partial charge in [-0.2, -0.15) is 0 Å². The lowest BCUT2D eigenvalue weighted by Gasteiger charge is -2.29. The molecule has 0 fully saturated rings. The van der Waals surface area contributed by atoms with Crippen molar-refractivity contribution in [3.8, 4) is 0 Å². The molecule has 0 aromatic heterocycles. The van der Waals surface area contributed by atoms with E-state index in [1.807, 2.05) is 30.3 Å². The summed E-state index contributed by atoms with van der Waals surface area (Å²) in [6, 6.07) is 8.16. The van der Waals surface area contributed by atoms with Gasteiger partial charge in [0, 0.05) is 25.0 Å². The zero-order valence-corrected chi connectivity index (χ0v) is 14.6. The Hall–Kier alpha value is -0.943. The lowest BCUT2D eigenvalue weighted by atomic mass is 10.2. The summed E-state index contributed by atoms with van der Waals surface area (Å²) in [4.78, 5) is 0. The molecule has 0 atom stereocenters. The van der Waals surface area contributed by atoms with Crippen molar-refractivity contribution in [1.29, 1.82) is 0 Å². The molecule has 0 amide bonds. The molecule has 3 nitrogen and oxygen atoms in total. The van der Waals surface area contributed by atoms with Crippen LogP contribution in [-0.2, 0) is 13.3 Å². The van der Waals surface area contributed by atoms with Crippen LogP contribution in [0.1, 0.15) is 45.6 Å². The van der Waals surface area contributed by atoms with Gasteiger partial charge in [-0.05, 0) is 24.8 Å². The molecule has 0 saturated carbocycles. The van der Waals surface area contributed by atoms with Gasteiger partial charge in [0.05, 0.1) is 0 Å². The maximum Gasteiger partial charge on any atom is 0.537 e. The van der Waals surface area contributed by atoms with Crippen LogP contribution in [0.4, 0.5) is 0 Å². The highest BCUT2D eigenvalue weighted by Crippen LogP contribution is 2.14. The van der Waals surface area contributed by atoms with Gasteiger partial charge in [-0.25, -0.2) is 0 Å². The molecule has 0 saturated heterocycles. The molecule has 0 N–H and O–H groups in total. The Morgan fingerprint density at radius 1 is 0.857 bits per heavy atom. The van der Waals surface area contributed by atoms with Crippen LogP contribution < -0.4 is 5.19 Å². The molecule has 21 heavy (non-hydrogen) atoms. The molecule has 0 spiro atoms. The van der Waals surface area contributed by atoms with Gasteiger partial charge in [-0.1, -0.05) is 57.7 Å². The molecule has 1 aromatic carbocycles. The van der Waals surface area contributed by atoms with Crippen LogP contribution in [0.15, 0.2) is 30.8 Å². The standard InChI is InChI=1S/C17H28O3Si/c1-5-13-18-21(19-14-6-2,20-15-7-3)17-11-9-16(8-4)10-12-17/h8-12H,4-7,13-15H2,1-3H3. The minimum atomic E-state index is -2.80. The molecule has 0 aliphatic heterocycles. The van der Waals surface area contributed by atoms with E-state index in [2.05, 4.69) is 27.4 Å². The third kappa shape index (κ3) is 5.40. The van der Waals surface area contributed by atoms with E-state index >= 15 is 0 Å². The summed E-state index contributed by atoms with van der Waals surface area (Å²) in [5, 5.41) is 1.03. The van der Waals surface area contributed by atoms with Gasteiger partial charge >= 0.3 is 8.80 Å². The summed E-state index contributed by atoms with van der Waals surface area (Å²) in [5.74, 6) is 0. The smallest absolute Gasteiger partial charge is 0.370 e. The second-order valence-electron chi connectivity index (χ2n) is 4.93. The fourth-order valence-electron chi connectivity index (χ4n) is 1.91. The Balaban J connectivity index is 3.05. The molecule has 0 unspecified atom stereocenters. The normalized spacial score (nSPS) is 11.6. The predicted octanol–water partition coefficient (Wildman–Crippen LogP) is 3.76. The zero-order valence-electron chi connectivity index (χ0n) is 13.6. The number of rotatable bonds is 11. The van der Waals surface area contributed by atoms with Crippen molar-refractivity contribution in [3.05, 3.63) is 36.4 Å². The van der Waals surface area contributed by atoms with E-state index in [0.29, 0.717) is 19.8 Å². The minimum absolute atomic E-state index is 0.656. The largest absolute Gasteiger partial charge is 0.537 e. The molecule has 118 valence electrons. The fraction of sp³-hybridized carbons (Fsp3) is 0.529. The maximum atomic E-state index is 6.11. The Labute approximate surface area is 130 Å². The van der Waals surface area contributed by atoms with Crippen LogP contribution in [0.3, 0.4) is 0 Å². The first-order valence-corrected chi connectivity index (χ1v) is 9.59. The Kier molecular flexibility index (Phi) is 8.53. The topological polar surface area (TPSA) is 27.7 Å². The van der Waals surface area contributed by atoms with Gasteiger partial charge in [-0.15, -0.1) is 0 Å². The lowest BCUT2D eigenvalue weighted by Crippen LogP contribution is -2.57. The third-order valence-electron chi connectivity index (χ3n) is 2.99. The van der Waals surface area contributed by atoms with Crippen molar-refractivity contribution in [2.75, 3.05) is 19.8 Å². The van der Waals surface area contributed by atoms with E-state index in [9.17, 15) is 0 Å². The monoisotopic (exact) mass is 308 g/mol. The third-order valence-corrected chi connectivity index (χ3v) is 5.78. The summed E-state index contributed by atoms with van der Waals surface area (Å²) in [5.41, 5.74) is 1.09. The molecule has 4 heteroatoms. The Morgan fingerprint density at radius 2 is 1.29 bits per heavy atom. The summed E-state index contributed by atoms with van der Waals surface area (Å²) < 4.78 is 18.3. The van der Waals surface area contributed by atoms with E-state index in [-0.39, 0.29) is 0 Å². The highest BCUT2D eigenvalue weighted by atomic mass is 28.4. The van der Waals surface area contributed by atoms with Gasteiger partial charge in [-0.3, -0.25) is 0 Å². The van der Waals surface area contributed by atoms with Crippen molar-refractivity contribution >= 4 is 20.1 Å². The summed E-state index contributed by atoms with van der Waals surface area (Å²) in [6.45, 7) is 12.0. The molecular formula is C17H28O3Si. The second-order valence-corrected chi connectivity index (χ2v) is 7.48. The first kappa shape index (κ1) is 18.1. The van der Waals surface area contributed by atoms with E-state index < -0.39 is 8.80 Å². The molecule has 0 radical (unpaired) electrons. The number of benzene rings is 1. The molecule has 0 aliphatic carbocycles. The molecule has 0 aliphatic rings. The summed E-state index contributed by atoms with van der Waals surface area (Å²) >= 11 is 0. The fourth-order valence-corrected chi connectivity index (χ4v) is 4.65. The molecule has 0 heterocycles. The second kappa shape index (κ2) is 9.90. The predicted molar refractivity (Wildman–Crippen MR) is 90.7 cm³/mol. The first-order chi connectivity index (χ1) is 10.2. The van der Waals surface area contributed by atoms with Gasteiger partial charge in [0.15, 0.2) is 0 Å². The SMILES string of the molecule is C=Cc1ccc([Si](OCCC)(OCCC)OCCC)cc1. The highest BCUT2D eigenvalue weighted by molar-refractivity contribution is 6.75. The minimum Gasteiger partial charge on any atom is -0.370 e. The molecule has 0 bridgehead atoms. The number of hydrogen-bond acceptors (Lipinski definition) is 3. The van der Waals surface area contributed by atoms with E-state index in [1.165, 1.54) is 0 Å². The van der Waals surface area contributed by atoms with Crippen molar-refractivity contribution < 1.29 is 13.3 Å². The van der Waals surface area contributed by atoms with Crippen LogP contribution in [-0.4, -0.2) is 28.6 Å². The molecule has 1 aromatic rings. The van der Waals surface area contributed by atoms with Gasteiger partial charge in [0.1, 0.15) is 0 Å². The Bertz CT molecular complexity index is 381. The van der Waals surface area contributed by atoms with Crippen LogP contribution >= 0.6 is 0 Å². The molecule has 1 rings (SSSR count). The van der Waals surface area contributed by atoms with Crippen molar-refractivity contribution in [2.24, 2.45) is 0 Å². The highest BCUT2D eigenvalue weighted by Gasteiger charge is 2.43. The van der Waals surface area contributed by atoms with Crippen LogP contribution in [0.25, 0.3) is 6.08 Å². The van der Waals surface area contributed by atoms with Crippen LogP contribution in [0, 0.1) is 0 Å². The van der Waals surface area contributed by atoms with Gasteiger partial charge < -0.3 is 13.3 Å². The van der Waals surface area contributed by atoms with E-state index in [0.717, 1.165) is 30.0 Å². The van der Waals surface area contributed by atoms with Crippen molar-refractivity contribution in [3.63, 3.8) is 0 Å². The average Bonchev–Trinajstić information content (AvgIpc) is 2.55. The quantitative estimate of drug-likeness (QED) is 0.583. The van der Waals surface area contributed by atoms with Gasteiger partial charge in [0.2, 0.25) is 0 Å². The van der Waals surface area contributed by atoms with Crippen LogP contribution in [0.2, 0.25) is 0 Å². The zero-order chi connectivity index (χ0) is 15.6.